The van der Waals surface area contributed by atoms with Crippen LogP contribution in [0.4, 0.5) is 0 Å². The van der Waals surface area contributed by atoms with Crippen molar-refractivity contribution >= 4 is 17.5 Å². The van der Waals surface area contributed by atoms with Crippen LogP contribution in [0.25, 0.3) is 0 Å². The van der Waals surface area contributed by atoms with E-state index < -0.39 is 5.91 Å². The van der Waals surface area contributed by atoms with Crippen LogP contribution in [-0.4, -0.2) is 25.1 Å². The quantitative estimate of drug-likeness (QED) is 0.315. The molecule has 0 aliphatic heterocycles. The highest BCUT2D eigenvalue weighted by molar-refractivity contribution is 6.31. The number of aromatic nitrogens is 1. The topological polar surface area (TPSA) is 56.5 Å². The zero-order valence-electron chi connectivity index (χ0n) is 7.73. The van der Waals surface area contributed by atoms with E-state index in [9.17, 15) is 10.0 Å². The first kappa shape index (κ1) is 10.7. The molecule has 0 saturated carbocycles. The predicted octanol–water partition coefficient (Wildman–Crippen LogP) is 0.607. The molecule has 0 atom stereocenters. The summed E-state index contributed by atoms with van der Waals surface area (Å²) in [5.41, 5.74) is 0.105. The third kappa shape index (κ3) is 1.94. The number of rotatable bonds is 2. The SMILES string of the molecule is CON(C)C(=O)c1ccc[n+]([O-])c1Cl. The zero-order valence-corrected chi connectivity index (χ0v) is 8.49. The molecule has 0 radical (unpaired) electrons. The van der Waals surface area contributed by atoms with Gasteiger partial charge in [-0.05, 0) is 17.7 Å². The zero-order chi connectivity index (χ0) is 10.7. The molecule has 0 bridgehead atoms. The molecule has 0 aliphatic carbocycles. The highest BCUT2D eigenvalue weighted by atomic mass is 35.5. The molecular weight excluding hydrogens is 208 g/mol. The second-order valence-electron chi connectivity index (χ2n) is 2.52. The molecule has 0 fully saturated rings. The molecular formula is C8H9ClN2O3. The van der Waals surface area contributed by atoms with Crippen LogP contribution in [0.15, 0.2) is 18.3 Å². The van der Waals surface area contributed by atoms with Gasteiger partial charge in [-0.2, -0.15) is 4.73 Å². The first-order valence-corrected chi connectivity index (χ1v) is 4.15. The Morgan fingerprint density at radius 3 is 2.93 bits per heavy atom. The van der Waals surface area contributed by atoms with Crippen LogP contribution >= 0.6 is 11.6 Å². The summed E-state index contributed by atoms with van der Waals surface area (Å²) in [6, 6.07) is 2.89. The minimum atomic E-state index is -0.470. The van der Waals surface area contributed by atoms with E-state index in [1.807, 2.05) is 0 Å². The summed E-state index contributed by atoms with van der Waals surface area (Å²) < 4.78 is 0.415. The second kappa shape index (κ2) is 4.26. The molecule has 0 aliphatic rings. The van der Waals surface area contributed by atoms with E-state index in [4.69, 9.17) is 11.6 Å². The molecule has 0 unspecified atom stereocenters. The second-order valence-corrected chi connectivity index (χ2v) is 2.88. The standard InChI is InChI=1S/C8H9ClN2O3/c1-10(14-2)8(12)6-4-3-5-11(13)7(6)9/h3-5H,1-2H3. The van der Waals surface area contributed by atoms with E-state index >= 15 is 0 Å². The van der Waals surface area contributed by atoms with E-state index in [1.54, 1.807) is 0 Å². The summed E-state index contributed by atoms with van der Waals surface area (Å²) >= 11 is 5.64. The summed E-state index contributed by atoms with van der Waals surface area (Å²) in [7, 11) is 2.78. The molecule has 1 amide bonds. The minimum Gasteiger partial charge on any atom is -0.618 e. The molecule has 1 aromatic rings. The molecule has 0 aromatic carbocycles. The maximum Gasteiger partial charge on any atom is 0.299 e. The van der Waals surface area contributed by atoms with Gasteiger partial charge in [0.2, 0.25) is 0 Å². The van der Waals surface area contributed by atoms with Crippen molar-refractivity contribution in [2.45, 2.75) is 0 Å². The van der Waals surface area contributed by atoms with E-state index in [1.165, 1.54) is 32.5 Å². The van der Waals surface area contributed by atoms with Crippen LogP contribution in [0, 0.1) is 5.21 Å². The van der Waals surface area contributed by atoms with Gasteiger partial charge in [0, 0.05) is 13.1 Å². The minimum absolute atomic E-state index is 0.105. The Kier molecular flexibility index (Phi) is 3.27. The number of halogens is 1. The van der Waals surface area contributed by atoms with Crippen LogP contribution in [0.1, 0.15) is 10.4 Å². The lowest BCUT2D eigenvalue weighted by molar-refractivity contribution is -0.603. The Morgan fingerprint density at radius 2 is 2.36 bits per heavy atom. The van der Waals surface area contributed by atoms with Crippen molar-refractivity contribution in [1.82, 2.24) is 5.06 Å². The molecule has 5 nitrogen and oxygen atoms in total. The Balaban J connectivity index is 3.07. The molecule has 1 heterocycles. The van der Waals surface area contributed by atoms with Gasteiger partial charge < -0.3 is 5.21 Å². The largest absolute Gasteiger partial charge is 0.618 e. The highest BCUT2D eigenvalue weighted by Crippen LogP contribution is 2.11. The van der Waals surface area contributed by atoms with Gasteiger partial charge in [0.15, 0.2) is 6.20 Å². The number of pyridine rings is 1. The summed E-state index contributed by atoms with van der Waals surface area (Å²) in [5.74, 6) is -0.470. The fourth-order valence-electron chi connectivity index (χ4n) is 0.882. The number of carbonyl (C=O) groups is 1. The molecule has 0 N–H and O–H groups in total. The number of carbonyl (C=O) groups excluding carboxylic acids is 1. The first-order valence-electron chi connectivity index (χ1n) is 3.77. The van der Waals surface area contributed by atoms with Gasteiger partial charge in [-0.1, -0.05) is 0 Å². The van der Waals surface area contributed by atoms with E-state index in [0.29, 0.717) is 4.73 Å². The van der Waals surface area contributed by atoms with E-state index in [2.05, 4.69) is 4.84 Å². The first-order chi connectivity index (χ1) is 6.57. The van der Waals surface area contributed by atoms with Gasteiger partial charge in [0.1, 0.15) is 5.56 Å². The molecule has 0 spiro atoms. The number of hydrogen-bond donors (Lipinski definition) is 0. The van der Waals surface area contributed by atoms with E-state index in [-0.39, 0.29) is 10.7 Å². The van der Waals surface area contributed by atoms with E-state index in [0.717, 1.165) is 5.06 Å². The van der Waals surface area contributed by atoms with Crippen molar-refractivity contribution in [3.05, 3.63) is 34.3 Å². The van der Waals surface area contributed by atoms with Gasteiger partial charge in [0.05, 0.1) is 7.11 Å². The van der Waals surface area contributed by atoms with Crippen molar-refractivity contribution in [2.24, 2.45) is 0 Å². The average molecular weight is 217 g/mol. The smallest absolute Gasteiger partial charge is 0.299 e. The Hall–Kier alpha value is -1.33. The number of amides is 1. The molecule has 1 aromatic heterocycles. The lowest BCUT2D eigenvalue weighted by Gasteiger charge is -2.13. The Morgan fingerprint density at radius 1 is 1.71 bits per heavy atom. The van der Waals surface area contributed by atoms with Gasteiger partial charge in [-0.15, -0.1) is 0 Å². The lowest BCUT2D eigenvalue weighted by Crippen LogP contribution is -2.32. The molecule has 0 saturated heterocycles. The Labute approximate surface area is 86.0 Å². The Bertz CT molecular complexity index is 356. The molecule has 76 valence electrons. The molecule has 14 heavy (non-hydrogen) atoms. The van der Waals surface area contributed by atoms with Crippen LogP contribution < -0.4 is 4.73 Å². The van der Waals surface area contributed by atoms with Gasteiger partial charge in [0.25, 0.3) is 11.1 Å². The van der Waals surface area contributed by atoms with Gasteiger partial charge in [-0.25, -0.2) is 5.06 Å². The summed E-state index contributed by atoms with van der Waals surface area (Å²) in [5, 5.41) is 11.9. The van der Waals surface area contributed by atoms with Gasteiger partial charge >= 0.3 is 0 Å². The highest BCUT2D eigenvalue weighted by Gasteiger charge is 2.20. The van der Waals surface area contributed by atoms with Crippen LogP contribution in [0.3, 0.4) is 0 Å². The van der Waals surface area contributed by atoms with Crippen molar-refractivity contribution in [3.8, 4) is 0 Å². The summed E-state index contributed by atoms with van der Waals surface area (Å²) in [4.78, 5) is 16.2. The maximum absolute atomic E-state index is 11.5. The fraction of sp³-hybridized carbons (Fsp3) is 0.250. The molecule has 1 rings (SSSR count). The van der Waals surface area contributed by atoms with Gasteiger partial charge in [-0.3, -0.25) is 9.63 Å². The monoisotopic (exact) mass is 216 g/mol. The molecule has 6 heteroatoms. The third-order valence-corrected chi connectivity index (χ3v) is 2.06. The third-order valence-electron chi connectivity index (χ3n) is 1.69. The van der Waals surface area contributed by atoms with Crippen molar-refractivity contribution in [3.63, 3.8) is 0 Å². The maximum atomic E-state index is 11.5. The fourth-order valence-corrected chi connectivity index (χ4v) is 1.08. The van der Waals surface area contributed by atoms with Crippen molar-refractivity contribution in [2.75, 3.05) is 14.2 Å². The summed E-state index contributed by atoms with van der Waals surface area (Å²) in [6.07, 6.45) is 1.21. The normalized spacial score (nSPS) is 9.93. The van der Waals surface area contributed by atoms with Crippen LogP contribution in [-0.2, 0) is 4.84 Å². The average Bonchev–Trinajstić information content (AvgIpc) is 2.20. The number of nitrogens with zero attached hydrogens (tertiary/aromatic N) is 2. The number of hydroxylamine groups is 2. The van der Waals surface area contributed by atoms with Crippen molar-refractivity contribution < 1.29 is 14.4 Å². The van der Waals surface area contributed by atoms with Crippen LogP contribution in [0.5, 0.6) is 0 Å². The summed E-state index contributed by atoms with van der Waals surface area (Å²) in [6.45, 7) is 0. The lowest BCUT2D eigenvalue weighted by atomic mass is 10.3. The van der Waals surface area contributed by atoms with Crippen LogP contribution in [0.2, 0.25) is 5.15 Å². The van der Waals surface area contributed by atoms with Crippen molar-refractivity contribution in [1.29, 1.82) is 0 Å². The predicted molar refractivity (Wildman–Crippen MR) is 49.5 cm³/mol. The number of hydrogen-bond acceptors (Lipinski definition) is 3.